The number of ether oxygens (including phenoxy) is 1. The summed E-state index contributed by atoms with van der Waals surface area (Å²) in [6.45, 7) is 2.33. The van der Waals surface area contributed by atoms with E-state index in [2.05, 4.69) is 53.4 Å². The standard InChI is InChI=1S/C33H29N3O3S/c37-30(23-39-33(38)27-16-8-7-15-26(27)32-34-28-17-9-10-18-29(28)40-32)35-19-21-36(22-20-35)31(24-11-3-1-4-12-24)25-13-5-2-6-14-25/h1-18,31H,19-23H2. The molecule has 1 fully saturated rings. The van der Waals surface area contributed by atoms with Crippen molar-refractivity contribution in [1.82, 2.24) is 14.8 Å². The number of amides is 1. The molecular weight excluding hydrogens is 518 g/mol. The molecule has 0 unspecified atom stereocenters. The van der Waals surface area contributed by atoms with Crippen molar-refractivity contribution in [2.45, 2.75) is 6.04 Å². The molecule has 40 heavy (non-hydrogen) atoms. The first kappa shape index (κ1) is 25.9. The maximum absolute atomic E-state index is 13.1. The first-order valence-electron chi connectivity index (χ1n) is 13.4. The van der Waals surface area contributed by atoms with Crippen LogP contribution < -0.4 is 0 Å². The lowest BCUT2D eigenvalue weighted by atomic mass is 9.96. The number of esters is 1. The molecule has 4 aromatic carbocycles. The van der Waals surface area contributed by atoms with Crippen LogP contribution >= 0.6 is 11.3 Å². The van der Waals surface area contributed by atoms with Gasteiger partial charge < -0.3 is 9.64 Å². The fourth-order valence-electron chi connectivity index (χ4n) is 5.25. The summed E-state index contributed by atoms with van der Waals surface area (Å²) < 4.78 is 6.58. The SMILES string of the molecule is O=C(OCC(=O)N1CCN(C(c2ccccc2)c2ccccc2)CC1)c1ccccc1-c1nc2ccccc2s1. The van der Waals surface area contributed by atoms with Gasteiger partial charge in [-0.25, -0.2) is 9.78 Å². The van der Waals surface area contributed by atoms with Crippen molar-refractivity contribution in [3.63, 3.8) is 0 Å². The predicted octanol–water partition coefficient (Wildman–Crippen LogP) is 6.05. The van der Waals surface area contributed by atoms with Crippen molar-refractivity contribution in [1.29, 1.82) is 0 Å². The Kier molecular flexibility index (Phi) is 7.66. The molecule has 0 bridgehead atoms. The Labute approximate surface area is 237 Å². The molecule has 200 valence electrons. The summed E-state index contributed by atoms with van der Waals surface area (Å²) in [7, 11) is 0. The number of carbonyl (C=O) groups excluding carboxylic acids is 2. The van der Waals surface area contributed by atoms with Crippen LogP contribution in [0.2, 0.25) is 0 Å². The highest BCUT2D eigenvalue weighted by Gasteiger charge is 2.28. The van der Waals surface area contributed by atoms with Crippen LogP contribution in [0.25, 0.3) is 20.8 Å². The largest absolute Gasteiger partial charge is 0.452 e. The van der Waals surface area contributed by atoms with Gasteiger partial charge in [0.1, 0.15) is 5.01 Å². The average Bonchev–Trinajstić information content (AvgIpc) is 3.46. The lowest BCUT2D eigenvalue weighted by molar-refractivity contribution is -0.136. The van der Waals surface area contributed by atoms with E-state index in [0.717, 1.165) is 28.3 Å². The number of thiazole rings is 1. The van der Waals surface area contributed by atoms with Gasteiger partial charge in [0.25, 0.3) is 5.91 Å². The van der Waals surface area contributed by atoms with Gasteiger partial charge >= 0.3 is 5.97 Å². The Morgan fingerprint density at radius 3 is 2.02 bits per heavy atom. The Morgan fingerprint density at radius 1 is 0.750 bits per heavy atom. The van der Waals surface area contributed by atoms with Crippen LogP contribution in [0.4, 0.5) is 0 Å². The highest BCUT2D eigenvalue weighted by atomic mass is 32.1. The summed E-state index contributed by atoms with van der Waals surface area (Å²) in [4.78, 5) is 35.0. The number of benzene rings is 4. The van der Waals surface area contributed by atoms with E-state index in [0.29, 0.717) is 24.2 Å². The van der Waals surface area contributed by atoms with E-state index in [4.69, 9.17) is 9.72 Å². The van der Waals surface area contributed by atoms with E-state index in [1.807, 2.05) is 48.5 Å². The zero-order chi connectivity index (χ0) is 27.3. The highest BCUT2D eigenvalue weighted by molar-refractivity contribution is 7.21. The smallest absolute Gasteiger partial charge is 0.339 e. The topological polar surface area (TPSA) is 62.7 Å². The number of carbonyl (C=O) groups is 2. The minimum absolute atomic E-state index is 0.122. The molecule has 1 aromatic heterocycles. The van der Waals surface area contributed by atoms with Crippen LogP contribution in [0, 0.1) is 0 Å². The van der Waals surface area contributed by atoms with Crippen molar-refractivity contribution in [2.75, 3.05) is 32.8 Å². The third kappa shape index (κ3) is 5.52. The third-order valence-corrected chi connectivity index (χ3v) is 8.33. The molecule has 2 heterocycles. The molecule has 5 aromatic rings. The van der Waals surface area contributed by atoms with Crippen molar-refractivity contribution >= 4 is 33.4 Å². The molecular formula is C33H29N3O3S. The molecule has 1 aliphatic rings. The summed E-state index contributed by atoms with van der Waals surface area (Å²) >= 11 is 1.53. The fourth-order valence-corrected chi connectivity index (χ4v) is 6.25. The minimum Gasteiger partial charge on any atom is -0.452 e. The van der Waals surface area contributed by atoms with E-state index in [1.54, 1.807) is 17.0 Å². The van der Waals surface area contributed by atoms with Gasteiger partial charge in [0.2, 0.25) is 0 Å². The van der Waals surface area contributed by atoms with E-state index >= 15 is 0 Å². The number of hydrogen-bond donors (Lipinski definition) is 0. The molecule has 1 aliphatic heterocycles. The van der Waals surface area contributed by atoms with E-state index in [-0.39, 0.29) is 18.6 Å². The second-order valence-electron chi connectivity index (χ2n) is 9.75. The van der Waals surface area contributed by atoms with Gasteiger partial charge in [0.15, 0.2) is 6.61 Å². The summed E-state index contributed by atoms with van der Waals surface area (Å²) in [6.07, 6.45) is 0. The monoisotopic (exact) mass is 547 g/mol. The quantitative estimate of drug-likeness (QED) is 0.232. The maximum Gasteiger partial charge on any atom is 0.339 e. The van der Waals surface area contributed by atoms with Crippen LogP contribution in [-0.2, 0) is 9.53 Å². The molecule has 0 spiro atoms. The lowest BCUT2D eigenvalue weighted by Gasteiger charge is -2.39. The van der Waals surface area contributed by atoms with Crippen LogP contribution in [0.5, 0.6) is 0 Å². The molecule has 0 aliphatic carbocycles. The Hall–Kier alpha value is -4.33. The Bertz CT molecular complexity index is 1540. The number of aromatic nitrogens is 1. The highest BCUT2D eigenvalue weighted by Crippen LogP contribution is 2.33. The van der Waals surface area contributed by atoms with E-state index < -0.39 is 5.97 Å². The van der Waals surface area contributed by atoms with Gasteiger partial charge in [0, 0.05) is 31.7 Å². The number of hydrogen-bond acceptors (Lipinski definition) is 6. The first-order valence-corrected chi connectivity index (χ1v) is 14.2. The molecule has 0 radical (unpaired) electrons. The van der Waals surface area contributed by atoms with E-state index in [9.17, 15) is 9.59 Å². The second kappa shape index (κ2) is 11.8. The molecule has 7 heteroatoms. The fraction of sp³-hybridized carbons (Fsp3) is 0.182. The molecule has 0 atom stereocenters. The predicted molar refractivity (Wildman–Crippen MR) is 158 cm³/mol. The maximum atomic E-state index is 13.1. The van der Waals surface area contributed by atoms with Gasteiger partial charge in [-0.15, -0.1) is 11.3 Å². The van der Waals surface area contributed by atoms with Crippen LogP contribution in [0.1, 0.15) is 27.5 Å². The Balaban J connectivity index is 1.09. The first-order chi connectivity index (χ1) is 19.7. The Morgan fingerprint density at radius 2 is 1.35 bits per heavy atom. The zero-order valence-electron chi connectivity index (χ0n) is 22.0. The molecule has 1 amide bonds. The molecule has 6 rings (SSSR count). The number of fused-ring (bicyclic) bond motifs is 1. The lowest BCUT2D eigenvalue weighted by Crippen LogP contribution is -2.50. The van der Waals surface area contributed by atoms with Gasteiger partial charge in [-0.2, -0.15) is 0 Å². The second-order valence-corrected chi connectivity index (χ2v) is 10.8. The average molecular weight is 548 g/mol. The number of para-hydroxylation sites is 1. The summed E-state index contributed by atoms with van der Waals surface area (Å²) in [5, 5.41) is 0.752. The number of rotatable bonds is 7. The van der Waals surface area contributed by atoms with Crippen LogP contribution in [-0.4, -0.2) is 59.4 Å². The molecule has 0 N–H and O–H groups in total. The summed E-state index contributed by atoms with van der Waals surface area (Å²) in [5.41, 5.74) is 4.47. The summed E-state index contributed by atoms with van der Waals surface area (Å²) in [5.74, 6) is -0.698. The number of piperazine rings is 1. The summed E-state index contributed by atoms with van der Waals surface area (Å²) in [6, 6.07) is 36.2. The van der Waals surface area contributed by atoms with Crippen molar-refractivity contribution in [3.05, 3.63) is 126 Å². The minimum atomic E-state index is -0.518. The van der Waals surface area contributed by atoms with E-state index in [1.165, 1.54) is 22.5 Å². The normalized spacial score (nSPS) is 14.0. The van der Waals surface area contributed by atoms with Gasteiger partial charge in [-0.05, 0) is 29.3 Å². The van der Waals surface area contributed by atoms with Crippen molar-refractivity contribution in [3.8, 4) is 10.6 Å². The van der Waals surface area contributed by atoms with Crippen molar-refractivity contribution < 1.29 is 14.3 Å². The molecule has 1 saturated heterocycles. The number of nitrogens with zero attached hydrogens (tertiary/aromatic N) is 3. The van der Waals surface area contributed by atoms with Crippen LogP contribution in [0.3, 0.4) is 0 Å². The zero-order valence-corrected chi connectivity index (χ0v) is 22.8. The van der Waals surface area contributed by atoms with Gasteiger partial charge in [-0.1, -0.05) is 91.0 Å². The molecule has 6 nitrogen and oxygen atoms in total. The van der Waals surface area contributed by atoms with Gasteiger partial charge in [-0.3, -0.25) is 9.69 Å². The molecule has 0 saturated carbocycles. The van der Waals surface area contributed by atoms with Crippen LogP contribution in [0.15, 0.2) is 109 Å². The van der Waals surface area contributed by atoms with Crippen molar-refractivity contribution in [2.24, 2.45) is 0 Å². The van der Waals surface area contributed by atoms with Gasteiger partial charge in [0.05, 0.1) is 21.8 Å². The third-order valence-electron chi connectivity index (χ3n) is 7.26.